The number of hydrogen-bond donors (Lipinski definition) is 2. The van der Waals surface area contributed by atoms with E-state index >= 15 is 0 Å². The zero-order valence-electron chi connectivity index (χ0n) is 16.0. The van der Waals surface area contributed by atoms with E-state index in [0.717, 1.165) is 16.6 Å². The molecule has 4 amide bonds. The smallest absolute Gasteiger partial charge is 0.324 e. The van der Waals surface area contributed by atoms with Crippen LogP contribution in [-0.4, -0.2) is 44.9 Å². The number of imidazole rings is 1. The number of fused-ring (bicyclic) bond motifs is 1. The van der Waals surface area contributed by atoms with Crippen LogP contribution in [0.3, 0.4) is 0 Å². The first kappa shape index (κ1) is 18.7. The van der Waals surface area contributed by atoms with Gasteiger partial charge in [0.2, 0.25) is 5.91 Å². The van der Waals surface area contributed by atoms with Crippen LogP contribution in [0.25, 0.3) is 11.0 Å². The van der Waals surface area contributed by atoms with Crippen LogP contribution in [0.1, 0.15) is 12.0 Å². The van der Waals surface area contributed by atoms with Gasteiger partial charge in [-0.2, -0.15) is 0 Å². The van der Waals surface area contributed by atoms with Crippen molar-refractivity contribution in [1.82, 2.24) is 19.8 Å². The maximum absolute atomic E-state index is 12.6. The largest absolute Gasteiger partial charge is 0.334 e. The molecule has 148 valence electrons. The topological polar surface area (TPSA) is 96.3 Å². The molecular formula is C21H21N5O3. The van der Waals surface area contributed by atoms with Crippen LogP contribution >= 0.6 is 0 Å². The molecule has 4 rings (SSSR count). The number of carbonyl (C=O) groups excluding carboxylic acids is 3. The summed E-state index contributed by atoms with van der Waals surface area (Å²) in [5.41, 5.74) is 3.36. The average Bonchev–Trinajstić information content (AvgIpc) is 3.20. The Labute approximate surface area is 167 Å². The monoisotopic (exact) mass is 391 g/mol. The first-order chi connectivity index (χ1) is 14.0. The predicted molar refractivity (Wildman–Crippen MR) is 108 cm³/mol. The van der Waals surface area contributed by atoms with Gasteiger partial charge in [0, 0.05) is 19.3 Å². The summed E-state index contributed by atoms with van der Waals surface area (Å²) >= 11 is 0. The van der Waals surface area contributed by atoms with Crippen molar-refractivity contribution in [3.8, 4) is 0 Å². The predicted octanol–water partition coefficient (Wildman–Crippen LogP) is 2.06. The first-order valence-corrected chi connectivity index (χ1v) is 9.38. The second-order valence-corrected chi connectivity index (χ2v) is 7.04. The summed E-state index contributed by atoms with van der Waals surface area (Å²) in [6.07, 6.45) is 2.16. The van der Waals surface area contributed by atoms with E-state index in [4.69, 9.17) is 0 Å². The molecule has 0 bridgehead atoms. The Hall–Kier alpha value is -3.68. The summed E-state index contributed by atoms with van der Waals surface area (Å²) in [5.74, 6) is -0.718. The quantitative estimate of drug-likeness (QED) is 0.629. The van der Waals surface area contributed by atoms with E-state index in [1.807, 2.05) is 48.0 Å². The number of imide groups is 1. The third-order valence-corrected chi connectivity index (χ3v) is 4.97. The van der Waals surface area contributed by atoms with Crippen molar-refractivity contribution in [3.05, 3.63) is 60.4 Å². The Morgan fingerprint density at radius 2 is 1.97 bits per heavy atom. The third kappa shape index (κ3) is 3.96. The first-order valence-electron chi connectivity index (χ1n) is 9.38. The zero-order valence-corrected chi connectivity index (χ0v) is 16.0. The van der Waals surface area contributed by atoms with E-state index in [0.29, 0.717) is 12.1 Å². The highest BCUT2D eigenvalue weighted by Gasteiger charge is 2.38. The van der Waals surface area contributed by atoms with Gasteiger partial charge in [-0.1, -0.05) is 30.3 Å². The summed E-state index contributed by atoms with van der Waals surface area (Å²) in [6.45, 7) is 0.281. The molecule has 0 aliphatic carbocycles. The SMILES string of the molecule is Cn1cnc2cc(NC(=O)C[C@H]3NC(=O)N(CCc4ccccc4)C3=O)ccc21. The molecule has 0 saturated carbocycles. The number of carbonyl (C=O) groups is 3. The van der Waals surface area contributed by atoms with Crippen LogP contribution in [0, 0.1) is 0 Å². The molecule has 0 radical (unpaired) electrons. The van der Waals surface area contributed by atoms with E-state index < -0.39 is 12.1 Å². The lowest BCUT2D eigenvalue weighted by Gasteiger charge is -2.13. The molecule has 2 aromatic carbocycles. The van der Waals surface area contributed by atoms with E-state index in [2.05, 4.69) is 15.6 Å². The van der Waals surface area contributed by atoms with Gasteiger partial charge in [-0.25, -0.2) is 9.78 Å². The highest BCUT2D eigenvalue weighted by Crippen LogP contribution is 2.18. The Morgan fingerprint density at radius 1 is 1.17 bits per heavy atom. The summed E-state index contributed by atoms with van der Waals surface area (Å²) in [6, 6.07) is 13.7. The summed E-state index contributed by atoms with van der Waals surface area (Å²) in [7, 11) is 1.89. The fourth-order valence-corrected chi connectivity index (χ4v) is 3.42. The number of aryl methyl sites for hydroxylation is 1. The molecule has 1 saturated heterocycles. The van der Waals surface area contributed by atoms with Gasteiger partial charge in [0.15, 0.2) is 0 Å². The molecule has 2 N–H and O–H groups in total. The number of benzene rings is 2. The van der Waals surface area contributed by atoms with Crippen LogP contribution in [0.15, 0.2) is 54.9 Å². The van der Waals surface area contributed by atoms with Crippen LogP contribution in [0.5, 0.6) is 0 Å². The van der Waals surface area contributed by atoms with Crippen LogP contribution < -0.4 is 10.6 Å². The van der Waals surface area contributed by atoms with Crippen LogP contribution in [0.4, 0.5) is 10.5 Å². The summed E-state index contributed by atoms with van der Waals surface area (Å²) < 4.78 is 1.89. The van der Waals surface area contributed by atoms with Crippen molar-refractivity contribution in [2.45, 2.75) is 18.9 Å². The Kier molecular flexibility index (Phi) is 4.99. The molecule has 1 aliphatic heterocycles. The normalized spacial score (nSPS) is 16.3. The number of rotatable bonds is 6. The second-order valence-electron chi connectivity index (χ2n) is 7.04. The van der Waals surface area contributed by atoms with Crippen molar-refractivity contribution in [2.24, 2.45) is 7.05 Å². The number of hydrogen-bond acceptors (Lipinski definition) is 4. The van der Waals surface area contributed by atoms with Gasteiger partial charge in [0.1, 0.15) is 6.04 Å². The van der Waals surface area contributed by atoms with Crippen molar-refractivity contribution >= 4 is 34.6 Å². The number of nitrogens with one attached hydrogen (secondary N) is 2. The molecule has 1 atom stereocenters. The zero-order chi connectivity index (χ0) is 20.4. The van der Waals surface area contributed by atoms with Crippen molar-refractivity contribution in [2.75, 3.05) is 11.9 Å². The lowest BCUT2D eigenvalue weighted by atomic mass is 10.1. The number of amides is 4. The van der Waals surface area contributed by atoms with Gasteiger partial charge < -0.3 is 15.2 Å². The molecule has 1 aromatic heterocycles. The maximum atomic E-state index is 12.6. The lowest BCUT2D eigenvalue weighted by molar-refractivity contribution is -0.129. The molecule has 1 aliphatic rings. The molecule has 2 heterocycles. The van der Waals surface area contributed by atoms with E-state index in [-0.39, 0.29) is 24.8 Å². The van der Waals surface area contributed by atoms with E-state index in [1.165, 1.54) is 4.90 Å². The van der Waals surface area contributed by atoms with Gasteiger partial charge >= 0.3 is 6.03 Å². The van der Waals surface area contributed by atoms with Crippen molar-refractivity contribution < 1.29 is 14.4 Å². The third-order valence-electron chi connectivity index (χ3n) is 4.97. The average molecular weight is 391 g/mol. The Morgan fingerprint density at radius 3 is 2.76 bits per heavy atom. The van der Waals surface area contributed by atoms with Gasteiger partial charge in [0.05, 0.1) is 23.8 Å². The highest BCUT2D eigenvalue weighted by molar-refractivity contribution is 6.07. The minimum atomic E-state index is -0.850. The molecule has 0 unspecified atom stereocenters. The second kappa shape index (κ2) is 7.75. The fraction of sp³-hybridized carbons (Fsp3) is 0.238. The molecule has 3 aromatic rings. The van der Waals surface area contributed by atoms with Gasteiger partial charge in [-0.3, -0.25) is 14.5 Å². The molecular weight excluding hydrogens is 370 g/mol. The van der Waals surface area contributed by atoms with E-state index in [1.54, 1.807) is 18.5 Å². The van der Waals surface area contributed by atoms with Crippen LogP contribution in [-0.2, 0) is 23.1 Å². The minimum Gasteiger partial charge on any atom is -0.334 e. The number of anilines is 1. The Balaban J connectivity index is 1.35. The molecule has 8 nitrogen and oxygen atoms in total. The number of aromatic nitrogens is 2. The molecule has 0 spiro atoms. The molecule has 8 heteroatoms. The van der Waals surface area contributed by atoms with Gasteiger partial charge in [-0.15, -0.1) is 0 Å². The number of urea groups is 1. The highest BCUT2D eigenvalue weighted by atomic mass is 16.2. The molecule has 29 heavy (non-hydrogen) atoms. The standard InChI is InChI=1S/C21H21N5O3/c1-25-13-22-16-11-15(7-8-18(16)25)23-19(27)12-17-20(28)26(21(29)24-17)10-9-14-5-3-2-4-6-14/h2-8,11,13,17H,9-10,12H2,1H3,(H,23,27)(H,24,29)/t17-/m1/s1. The van der Waals surface area contributed by atoms with Gasteiger partial charge in [0.25, 0.3) is 5.91 Å². The van der Waals surface area contributed by atoms with E-state index in [9.17, 15) is 14.4 Å². The van der Waals surface area contributed by atoms with Crippen molar-refractivity contribution in [3.63, 3.8) is 0 Å². The summed E-state index contributed by atoms with van der Waals surface area (Å²) in [5, 5.41) is 5.37. The number of nitrogens with zero attached hydrogens (tertiary/aromatic N) is 3. The van der Waals surface area contributed by atoms with Gasteiger partial charge in [-0.05, 0) is 30.2 Å². The van der Waals surface area contributed by atoms with Crippen molar-refractivity contribution in [1.29, 1.82) is 0 Å². The maximum Gasteiger partial charge on any atom is 0.324 e. The minimum absolute atomic E-state index is 0.118. The van der Waals surface area contributed by atoms with Crippen LogP contribution in [0.2, 0.25) is 0 Å². The summed E-state index contributed by atoms with van der Waals surface area (Å²) in [4.78, 5) is 42.5. The molecule has 1 fully saturated rings. The lowest BCUT2D eigenvalue weighted by Crippen LogP contribution is -2.34. The fourth-order valence-electron chi connectivity index (χ4n) is 3.42. The Bertz CT molecular complexity index is 1080.